The number of ether oxygens (including phenoxy) is 1. The molecular weight excluding hydrogens is 374 g/mol. The fourth-order valence-electron chi connectivity index (χ4n) is 2.95. The molecule has 3 aromatic carbocycles. The average molecular weight is 396 g/mol. The molecule has 0 unspecified atom stereocenters. The van der Waals surface area contributed by atoms with Crippen LogP contribution in [0, 0.1) is 0 Å². The monoisotopic (exact) mass is 395 g/mol. The Morgan fingerprint density at radius 1 is 0.857 bits per heavy atom. The number of aliphatic carboxylic acids is 1. The lowest BCUT2D eigenvalue weighted by Crippen LogP contribution is -2.25. The normalized spacial score (nSPS) is 10.8. The Balaban J connectivity index is 1.72. The minimum absolute atomic E-state index is 0.0841. The molecule has 3 rings (SSSR count). The second-order valence-corrected chi connectivity index (χ2v) is 6.98. The van der Waals surface area contributed by atoms with Crippen LogP contribution in [-0.2, 0) is 17.9 Å². The van der Waals surface area contributed by atoms with Crippen molar-refractivity contribution in [1.82, 2.24) is 4.90 Å². The summed E-state index contributed by atoms with van der Waals surface area (Å²) in [6.07, 6.45) is 0.0841. The summed E-state index contributed by atoms with van der Waals surface area (Å²) in [4.78, 5) is 13.2. The zero-order valence-corrected chi connectivity index (χ0v) is 16.2. The van der Waals surface area contributed by atoms with E-state index in [1.807, 2.05) is 78.9 Å². The zero-order valence-electron chi connectivity index (χ0n) is 15.4. The number of para-hydroxylation sites is 1. The van der Waals surface area contributed by atoms with Crippen LogP contribution >= 0.6 is 11.6 Å². The summed E-state index contributed by atoms with van der Waals surface area (Å²) in [7, 11) is 0. The van der Waals surface area contributed by atoms with Crippen molar-refractivity contribution in [3.8, 4) is 11.5 Å². The van der Waals surface area contributed by atoms with Gasteiger partial charge in [-0.25, -0.2) is 0 Å². The molecule has 0 atom stereocenters. The van der Waals surface area contributed by atoms with Crippen molar-refractivity contribution in [3.05, 3.63) is 95.0 Å². The molecule has 4 nitrogen and oxygen atoms in total. The van der Waals surface area contributed by atoms with Gasteiger partial charge in [-0.15, -0.1) is 0 Å². The van der Waals surface area contributed by atoms with Crippen molar-refractivity contribution in [2.45, 2.75) is 19.5 Å². The third kappa shape index (κ3) is 6.41. The summed E-state index contributed by atoms with van der Waals surface area (Å²) in [5, 5.41) is 9.75. The molecular formula is C23H22ClNO3. The van der Waals surface area contributed by atoms with E-state index in [0.717, 1.165) is 22.6 Å². The van der Waals surface area contributed by atoms with Gasteiger partial charge >= 0.3 is 5.97 Å². The molecule has 0 aliphatic carbocycles. The van der Waals surface area contributed by atoms with Gasteiger partial charge in [0.2, 0.25) is 0 Å². The number of carboxylic acids is 1. The minimum Gasteiger partial charge on any atom is -0.481 e. The Morgan fingerprint density at radius 2 is 1.50 bits per heavy atom. The number of halogens is 1. The Hall–Kier alpha value is -2.82. The van der Waals surface area contributed by atoms with E-state index >= 15 is 0 Å². The molecule has 28 heavy (non-hydrogen) atoms. The van der Waals surface area contributed by atoms with E-state index in [-0.39, 0.29) is 6.42 Å². The molecule has 144 valence electrons. The predicted octanol–water partition coefficient (Wildman–Crippen LogP) is 5.61. The van der Waals surface area contributed by atoms with Gasteiger partial charge < -0.3 is 9.84 Å². The Kier molecular flexibility index (Phi) is 7.06. The molecule has 5 heteroatoms. The van der Waals surface area contributed by atoms with Gasteiger partial charge in [-0.2, -0.15) is 0 Å². The standard InChI is InChI=1S/C23H22ClNO3/c24-20-8-4-6-18(14-20)16-25(13-12-23(26)27)17-19-7-5-11-22(15-19)28-21-9-2-1-3-10-21/h1-11,14-15H,12-13,16-17H2,(H,26,27). The number of hydrogen-bond acceptors (Lipinski definition) is 3. The molecule has 0 bridgehead atoms. The van der Waals surface area contributed by atoms with Gasteiger partial charge in [-0.1, -0.05) is 54.1 Å². The van der Waals surface area contributed by atoms with E-state index in [1.165, 1.54) is 0 Å². The van der Waals surface area contributed by atoms with E-state index < -0.39 is 5.97 Å². The maximum atomic E-state index is 11.1. The Bertz CT molecular complexity index is 914. The van der Waals surface area contributed by atoms with Crippen LogP contribution in [0.5, 0.6) is 11.5 Å². The van der Waals surface area contributed by atoms with Gasteiger partial charge in [0, 0.05) is 24.7 Å². The van der Waals surface area contributed by atoms with Gasteiger partial charge in [-0.3, -0.25) is 9.69 Å². The highest BCUT2D eigenvalue weighted by Gasteiger charge is 2.11. The first kappa shape index (κ1) is 19.9. The lowest BCUT2D eigenvalue weighted by Gasteiger charge is -2.22. The first-order chi connectivity index (χ1) is 13.6. The van der Waals surface area contributed by atoms with Gasteiger partial charge in [0.1, 0.15) is 11.5 Å². The molecule has 0 heterocycles. The molecule has 0 radical (unpaired) electrons. The highest BCUT2D eigenvalue weighted by Crippen LogP contribution is 2.23. The first-order valence-electron chi connectivity index (χ1n) is 9.09. The van der Waals surface area contributed by atoms with Crippen LogP contribution < -0.4 is 4.74 Å². The van der Waals surface area contributed by atoms with E-state index in [9.17, 15) is 4.79 Å². The van der Waals surface area contributed by atoms with Crippen LogP contribution in [0.1, 0.15) is 17.5 Å². The van der Waals surface area contributed by atoms with Crippen LogP contribution in [-0.4, -0.2) is 22.5 Å². The summed E-state index contributed by atoms with van der Waals surface area (Å²) in [5.74, 6) is 0.725. The summed E-state index contributed by atoms with van der Waals surface area (Å²) >= 11 is 6.08. The Labute approximate surface area is 170 Å². The second-order valence-electron chi connectivity index (χ2n) is 6.55. The number of carbonyl (C=O) groups is 1. The molecule has 0 fully saturated rings. The molecule has 0 spiro atoms. The van der Waals surface area contributed by atoms with Gasteiger partial charge in [0.25, 0.3) is 0 Å². The topological polar surface area (TPSA) is 49.8 Å². The molecule has 0 aromatic heterocycles. The van der Waals surface area contributed by atoms with Gasteiger partial charge in [0.15, 0.2) is 0 Å². The lowest BCUT2D eigenvalue weighted by atomic mass is 10.1. The van der Waals surface area contributed by atoms with Gasteiger partial charge in [0.05, 0.1) is 6.42 Å². The van der Waals surface area contributed by atoms with E-state index in [4.69, 9.17) is 21.4 Å². The lowest BCUT2D eigenvalue weighted by molar-refractivity contribution is -0.137. The Morgan fingerprint density at radius 3 is 2.18 bits per heavy atom. The van der Waals surface area contributed by atoms with Crippen LogP contribution in [0.25, 0.3) is 0 Å². The van der Waals surface area contributed by atoms with Gasteiger partial charge in [-0.05, 0) is 47.5 Å². The largest absolute Gasteiger partial charge is 0.481 e. The third-order valence-corrected chi connectivity index (χ3v) is 4.46. The molecule has 0 aliphatic rings. The first-order valence-corrected chi connectivity index (χ1v) is 9.47. The fourth-order valence-corrected chi connectivity index (χ4v) is 3.16. The summed E-state index contributed by atoms with van der Waals surface area (Å²) in [6.45, 7) is 1.69. The number of benzene rings is 3. The number of nitrogens with zero attached hydrogens (tertiary/aromatic N) is 1. The van der Waals surface area contributed by atoms with Crippen molar-refractivity contribution < 1.29 is 14.6 Å². The second kappa shape index (κ2) is 9.93. The summed E-state index contributed by atoms with van der Waals surface area (Å²) in [6, 6.07) is 25.1. The van der Waals surface area contributed by atoms with Crippen LogP contribution in [0.3, 0.4) is 0 Å². The van der Waals surface area contributed by atoms with Crippen molar-refractivity contribution in [2.75, 3.05) is 6.54 Å². The molecule has 0 saturated carbocycles. The smallest absolute Gasteiger partial charge is 0.304 e. The molecule has 0 amide bonds. The molecule has 1 N–H and O–H groups in total. The van der Waals surface area contributed by atoms with Crippen molar-refractivity contribution in [3.63, 3.8) is 0 Å². The quantitative estimate of drug-likeness (QED) is 0.511. The third-order valence-electron chi connectivity index (χ3n) is 4.22. The number of rotatable bonds is 9. The SMILES string of the molecule is O=C(O)CCN(Cc1cccc(Cl)c1)Cc1cccc(Oc2ccccc2)c1. The molecule has 0 aliphatic heterocycles. The minimum atomic E-state index is -0.808. The van der Waals surface area contributed by atoms with Crippen molar-refractivity contribution >= 4 is 17.6 Å². The average Bonchev–Trinajstić information content (AvgIpc) is 2.67. The van der Waals surface area contributed by atoms with Crippen molar-refractivity contribution in [2.24, 2.45) is 0 Å². The highest BCUT2D eigenvalue weighted by atomic mass is 35.5. The number of carboxylic acid groups (broad SMARTS) is 1. The van der Waals surface area contributed by atoms with E-state index in [1.54, 1.807) is 0 Å². The predicted molar refractivity (Wildman–Crippen MR) is 111 cm³/mol. The molecule has 3 aromatic rings. The number of hydrogen-bond donors (Lipinski definition) is 1. The fraction of sp³-hybridized carbons (Fsp3) is 0.174. The van der Waals surface area contributed by atoms with E-state index in [0.29, 0.717) is 24.7 Å². The maximum absolute atomic E-state index is 11.1. The van der Waals surface area contributed by atoms with Crippen LogP contribution in [0.2, 0.25) is 5.02 Å². The highest BCUT2D eigenvalue weighted by molar-refractivity contribution is 6.30. The summed E-state index contributed by atoms with van der Waals surface area (Å²) in [5.41, 5.74) is 2.11. The van der Waals surface area contributed by atoms with E-state index in [2.05, 4.69) is 4.90 Å². The van der Waals surface area contributed by atoms with Crippen LogP contribution in [0.4, 0.5) is 0 Å². The zero-order chi connectivity index (χ0) is 19.8. The molecule has 0 saturated heterocycles. The summed E-state index contributed by atoms with van der Waals surface area (Å²) < 4.78 is 5.90. The maximum Gasteiger partial charge on any atom is 0.304 e. The van der Waals surface area contributed by atoms with Crippen molar-refractivity contribution in [1.29, 1.82) is 0 Å². The van der Waals surface area contributed by atoms with Crippen LogP contribution in [0.15, 0.2) is 78.9 Å².